The largest absolute Gasteiger partial charge is 0.314 e. The summed E-state index contributed by atoms with van der Waals surface area (Å²) in [6.07, 6.45) is 0. The Morgan fingerprint density at radius 2 is 0.972 bits per heavy atom. The van der Waals surface area contributed by atoms with Gasteiger partial charge in [0.15, 0.2) is 0 Å². The Balaban J connectivity index is 0.000000176. The summed E-state index contributed by atoms with van der Waals surface area (Å²) in [7, 11) is 3.54. The monoisotopic (exact) mass is 1010 g/mol. The van der Waals surface area contributed by atoms with Crippen molar-refractivity contribution in [2.45, 2.75) is 13.1 Å². The number of hydrogen-bond donors (Lipinski definition) is 8. The van der Waals surface area contributed by atoms with Crippen LogP contribution in [0.25, 0.3) is 20.4 Å². The van der Waals surface area contributed by atoms with Gasteiger partial charge in [0.1, 0.15) is 21.3 Å². The molecule has 10 rings (SSSR count). The number of benzene rings is 4. The van der Waals surface area contributed by atoms with Crippen molar-refractivity contribution in [2.24, 2.45) is 0 Å². The molecule has 18 nitrogen and oxygen atoms in total. The van der Waals surface area contributed by atoms with Crippen LogP contribution >= 0.6 is 34.3 Å². The molecule has 71 heavy (non-hydrogen) atoms. The van der Waals surface area contributed by atoms with Crippen molar-refractivity contribution >= 4 is 101 Å². The number of aromatic nitrogens is 4. The fraction of sp³-hybridized carbons (Fsp3) is 0.240. The van der Waals surface area contributed by atoms with Gasteiger partial charge in [-0.15, -0.1) is 22.7 Å². The number of nitrogens with one attached hydrogen (secondary N) is 8. The molecule has 2 aliphatic rings. The highest BCUT2D eigenvalue weighted by Gasteiger charge is 2.21. The van der Waals surface area contributed by atoms with Crippen LogP contribution in [-0.4, -0.2) is 120 Å². The van der Waals surface area contributed by atoms with E-state index < -0.39 is 0 Å². The second-order valence-corrected chi connectivity index (χ2v) is 19.5. The minimum atomic E-state index is -0.271. The first-order valence-electron chi connectivity index (χ1n) is 23.1. The minimum Gasteiger partial charge on any atom is -0.314 e. The van der Waals surface area contributed by atoms with E-state index in [0.717, 1.165) is 76.8 Å². The number of piperazine rings is 2. The molecule has 8 aromatic rings. The summed E-state index contributed by atoms with van der Waals surface area (Å²) in [5.74, 6) is -0.0494. The standard InChI is InChI=1S/C25H26ClN7O2S.C25H27N7O2S/c1-32(19-8-6-18(26)7-9-19)31-24(35)21-14-20-22(29-30-25(20)36-21)28-23(34)17-4-2-16(3-5-17)15-33-12-10-27-11-13-33;1-31(19-5-3-2-4-6-19)30-24(34)21-15-20-22(28-29-25(20)35-21)27-23(33)18-9-7-17(8-10-18)16-32-13-11-26-12-14-32/h2-9,14,27H,10-13,15H2,1H3,(H,31,35)(H2,28,29,30,34);2-10,15,26H,11-14,16H2,1H3,(H,30,34)(H2,27,28,29,33). The summed E-state index contributed by atoms with van der Waals surface area (Å²) in [5.41, 5.74) is 10.8. The second-order valence-electron chi connectivity index (χ2n) is 17.0. The van der Waals surface area contributed by atoms with Crippen molar-refractivity contribution in [3.05, 3.63) is 152 Å². The fourth-order valence-corrected chi connectivity index (χ4v) is 9.94. The number of halogens is 1. The van der Waals surface area contributed by atoms with Crippen molar-refractivity contribution in [2.75, 3.05) is 87.1 Å². The van der Waals surface area contributed by atoms with Crippen LogP contribution in [0.1, 0.15) is 51.2 Å². The smallest absolute Gasteiger partial charge is 0.279 e. The third-order valence-electron chi connectivity index (χ3n) is 12.0. The third kappa shape index (κ3) is 12.4. The molecular formula is C50H53ClN14O4S2. The number of aromatic amines is 2. The van der Waals surface area contributed by atoms with Crippen LogP contribution in [0.4, 0.5) is 23.0 Å². The van der Waals surface area contributed by atoms with E-state index in [1.165, 1.54) is 33.8 Å². The summed E-state index contributed by atoms with van der Waals surface area (Å²) < 4.78 is 0. The van der Waals surface area contributed by atoms with Gasteiger partial charge in [0, 0.05) is 95.7 Å². The lowest BCUT2D eigenvalue weighted by Gasteiger charge is -2.27. The molecule has 4 aromatic carbocycles. The Labute approximate surface area is 422 Å². The van der Waals surface area contributed by atoms with E-state index in [4.69, 9.17) is 11.6 Å². The number of anilines is 4. The highest BCUT2D eigenvalue weighted by Crippen LogP contribution is 2.31. The van der Waals surface area contributed by atoms with Gasteiger partial charge in [0.2, 0.25) is 0 Å². The zero-order chi connectivity index (χ0) is 49.3. The molecule has 0 unspecified atom stereocenters. The van der Waals surface area contributed by atoms with Crippen LogP contribution in [-0.2, 0) is 13.1 Å². The third-order valence-corrected chi connectivity index (χ3v) is 14.3. The topological polar surface area (TPSA) is 211 Å². The molecule has 4 aromatic heterocycles. The normalized spacial score (nSPS) is 14.1. The highest BCUT2D eigenvalue weighted by molar-refractivity contribution is 7.20. The summed E-state index contributed by atoms with van der Waals surface area (Å²) in [6, 6.07) is 35.5. The molecule has 0 radical (unpaired) electrons. The van der Waals surface area contributed by atoms with Crippen molar-refractivity contribution in [1.82, 2.24) is 51.7 Å². The summed E-state index contributed by atoms with van der Waals surface area (Å²) in [4.78, 5) is 58.3. The molecule has 366 valence electrons. The fourth-order valence-electron chi connectivity index (χ4n) is 8.04. The number of thiophene rings is 2. The van der Waals surface area contributed by atoms with Gasteiger partial charge < -0.3 is 21.3 Å². The zero-order valence-electron chi connectivity index (χ0n) is 39.1. The Bertz CT molecular complexity index is 3090. The van der Waals surface area contributed by atoms with E-state index in [1.54, 1.807) is 48.4 Å². The number of rotatable bonds is 14. The van der Waals surface area contributed by atoms with Crippen molar-refractivity contribution < 1.29 is 19.2 Å². The quantitative estimate of drug-likeness (QED) is 0.0531. The number of hydrazine groups is 2. The maximum absolute atomic E-state index is 12.9. The Morgan fingerprint density at radius 1 is 0.563 bits per heavy atom. The van der Waals surface area contributed by atoms with Crippen LogP contribution in [0, 0.1) is 0 Å². The van der Waals surface area contributed by atoms with Crippen LogP contribution < -0.4 is 42.1 Å². The molecule has 8 N–H and O–H groups in total. The second kappa shape index (κ2) is 22.7. The van der Waals surface area contributed by atoms with Crippen LogP contribution in [0.15, 0.2) is 115 Å². The van der Waals surface area contributed by atoms with E-state index in [0.29, 0.717) is 58.0 Å². The molecule has 4 amide bonds. The Hall–Kier alpha value is -7.17. The molecule has 0 saturated carbocycles. The number of fused-ring (bicyclic) bond motifs is 2. The number of H-pyrrole nitrogens is 2. The lowest BCUT2D eigenvalue weighted by Crippen LogP contribution is -2.42. The Morgan fingerprint density at radius 3 is 1.39 bits per heavy atom. The molecule has 2 saturated heterocycles. The number of carbonyl (C=O) groups is 4. The molecule has 21 heteroatoms. The number of carbonyl (C=O) groups excluding carboxylic acids is 4. The molecular weight excluding hydrogens is 960 g/mol. The predicted molar refractivity (Wildman–Crippen MR) is 283 cm³/mol. The average Bonchev–Trinajstić information content (AvgIpc) is 4.20. The highest BCUT2D eigenvalue weighted by atomic mass is 35.5. The van der Waals surface area contributed by atoms with Crippen molar-refractivity contribution in [1.29, 1.82) is 0 Å². The van der Waals surface area contributed by atoms with E-state index in [-0.39, 0.29) is 23.6 Å². The van der Waals surface area contributed by atoms with Gasteiger partial charge in [-0.3, -0.25) is 60.0 Å². The van der Waals surface area contributed by atoms with E-state index in [2.05, 4.69) is 62.3 Å². The van der Waals surface area contributed by atoms with Gasteiger partial charge in [0.05, 0.1) is 31.9 Å². The van der Waals surface area contributed by atoms with Gasteiger partial charge in [-0.2, -0.15) is 10.2 Å². The molecule has 0 aliphatic carbocycles. The summed E-state index contributed by atoms with van der Waals surface area (Å²) in [5, 5.41) is 32.0. The first kappa shape index (κ1) is 48.8. The summed E-state index contributed by atoms with van der Waals surface area (Å²) >= 11 is 8.44. The Kier molecular flexibility index (Phi) is 15.6. The van der Waals surface area contributed by atoms with E-state index in [9.17, 15) is 19.2 Å². The van der Waals surface area contributed by atoms with Crippen LogP contribution in [0.3, 0.4) is 0 Å². The predicted octanol–water partition coefficient (Wildman–Crippen LogP) is 6.78. The van der Waals surface area contributed by atoms with Crippen LogP contribution in [0.2, 0.25) is 5.02 Å². The lowest BCUT2D eigenvalue weighted by molar-refractivity contribution is 0.0947. The average molecular weight is 1010 g/mol. The zero-order valence-corrected chi connectivity index (χ0v) is 41.4. The van der Waals surface area contributed by atoms with Gasteiger partial charge in [-0.1, -0.05) is 54.1 Å². The lowest BCUT2D eigenvalue weighted by atomic mass is 10.1. The maximum atomic E-state index is 12.9. The molecule has 0 atom stereocenters. The molecule has 6 heterocycles. The summed E-state index contributed by atoms with van der Waals surface area (Å²) in [6.45, 7) is 9.88. The van der Waals surface area contributed by atoms with Crippen molar-refractivity contribution in [3.8, 4) is 0 Å². The van der Waals surface area contributed by atoms with E-state index >= 15 is 0 Å². The van der Waals surface area contributed by atoms with Gasteiger partial charge >= 0.3 is 0 Å². The number of para-hydroxylation sites is 1. The molecule has 0 bridgehead atoms. The minimum absolute atomic E-state index is 0.231. The van der Waals surface area contributed by atoms with Crippen molar-refractivity contribution in [3.63, 3.8) is 0 Å². The first-order valence-corrected chi connectivity index (χ1v) is 25.1. The van der Waals surface area contributed by atoms with Gasteiger partial charge in [0.25, 0.3) is 23.6 Å². The molecule has 0 spiro atoms. The van der Waals surface area contributed by atoms with E-state index in [1.807, 2.05) is 91.0 Å². The number of nitrogens with zero attached hydrogens (tertiary/aromatic N) is 6. The maximum Gasteiger partial charge on any atom is 0.279 e. The molecule has 2 aliphatic heterocycles. The van der Waals surface area contributed by atoms with Gasteiger partial charge in [-0.05, 0) is 83.9 Å². The van der Waals surface area contributed by atoms with Crippen LogP contribution in [0.5, 0.6) is 0 Å². The van der Waals surface area contributed by atoms with Gasteiger partial charge in [-0.25, -0.2) is 0 Å². The number of hydrogen-bond acceptors (Lipinski definition) is 14. The molecule has 2 fully saturated rings. The number of amides is 4. The first-order chi connectivity index (χ1) is 34.5. The SMILES string of the molecule is CN(NC(=O)c1cc2c(NC(=O)c3ccc(CN4CCNCC4)cc3)[nH]nc2s1)c1ccc(Cl)cc1.CN(NC(=O)c1cc2c(NC(=O)c3ccc(CN4CCNCC4)cc3)[nH]nc2s1)c1ccccc1.